The van der Waals surface area contributed by atoms with Crippen molar-refractivity contribution >= 4 is 17.8 Å². The first-order chi connectivity index (χ1) is 12.6. The molecule has 26 heavy (non-hydrogen) atoms. The maximum atomic E-state index is 12.6. The molecule has 6 heteroatoms. The van der Waals surface area contributed by atoms with E-state index in [1.165, 1.54) is 10.5 Å². The normalized spacial score (nSPS) is 16.5. The van der Waals surface area contributed by atoms with E-state index in [2.05, 4.69) is 48.4 Å². The Morgan fingerprint density at radius 1 is 1.31 bits per heavy atom. The molecular formula is C20H28N4OS. The Balaban J connectivity index is 1.44. The molecule has 1 N–H and O–H groups in total. The van der Waals surface area contributed by atoms with Crippen molar-refractivity contribution in [1.29, 1.82) is 0 Å². The molecule has 140 valence electrons. The van der Waals surface area contributed by atoms with Gasteiger partial charge in [0.2, 0.25) is 0 Å². The Morgan fingerprint density at radius 3 is 2.65 bits per heavy atom. The summed E-state index contributed by atoms with van der Waals surface area (Å²) >= 11 is 1.94. The van der Waals surface area contributed by atoms with Crippen LogP contribution in [0.3, 0.4) is 0 Å². The molecule has 1 aromatic carbocycles. The molecule has 1 atom stereocenters. The molecule has 3 rings (SSSR count). The van der Waals surface area contributed by atoms with Crippen LogP contribution in [-0.4, -0.2) is 44.9 Å². The lowest BCUT2D eigenvalue weighted by Gasteiger charge is -2.33. The van der Waals surface area contributed by atoms with E-state index in [0.29, 0.717) is 5.25 Å². The Labute approximate surface area is 160 Å². The van der Waals surface area contributed by atoms with Crippen molar-refractivity contribution in [3.63, 3.8) is 0 Å². The number of hydrogen-bond acceptors (Lipinski definition) is 3. The van der Waals surface area contributed by atoms with Gasteiger partial charge in [-0.1, -0.05) is 24.6 Å². The molecule has 1 fully saturated rings. The number of nitrogens with one attached hydrogen (secondary N) is 1. The maximum absolute atomic E-state index is 12.6. The zero-order valence-electron chi connectivity index (χ0n) is 15.6. The molecule has 1 aliphatic rings. The number of likely N-dealkylation sites (tertiary alicyclic amines) is 1. The number of thioether (sulfide) groups is 1. The smallest absolute Gasteiger partial charge is 0.317 e. The van der Waals surface area contributed by atoms with Crippen molar-refractivity contribution in [2.75, 3.05) is 13.1 Å². The number of rotatable bonds is 6. The van der Waals surface area contributed by atoms with Gasteiger partial charge in [-0.25, -0.2) is 9.78 Å². The number of hydrogen-bond donors (Lipinski definition) is 1. The average Bonchev–Trinajstić information content (AvgIpc) is 3.16. The molecule has 0 spiro atoms. The molecular weight excluding hydrogens is 344 g/mol. The van der Waals surface area contributed by atoms with E-state index in [0.717, 1.165) is 38.9 Å². The molecule has 2 amide bonds. The molecule has 0 radical (unpaired) electrons. The van der Waals surface area contributed by atoms with Gasteiger partial charge < -0.3 is 14.8 Å². The van der Waals surface area contributed by atoms with Crippen molar-refractivity contribution in [2.24, 2.45) is 0 Å². The van der Waals surface area contributed by atoms with Crippen LogP contribution < -0.4 is 5.32 Å². The van der Waals surface area contributed by atoms with Crippen LogP contribution in [0.25, 0.3) is 0 Å². The van der Waals surface area contributed by atoms with Crippen LogP contribution in [0.2, 0.25) is 0 Å². The van der Waals surface area contributed by atoms with E-state index < -0.39 is 0 Å². The van der Waals surface area contributed by atoms with E-state index in [1.54, 1.807) is 12.5 Å². The molecule has 0 bridgehead atoms. The van der Waals surface area contributed by atoms with Gasteiger partial charge in [-0.15, -0.1) is 11.8 Å². The number of carbonyl (C=O) groups is 1. The topological polar surface area (TPSA) is 50.2 Å². The van der Waals surface area contributed by atoms with Gasteiger partial charge in [0.15, 0.2) is 0 Å². The lowest BCUT2D eigenvalue weighted by atomic mass is 10.1. The van der Waals surface area contributed by atoms with E-state index in [4.69, 9.17) is 0 Å². The highest BCUT2D eigenvalue weighted by atomic mass is 32.2. The van der Waals surface area contributed by atoms with Crippen LogP contribution in [0.1, 0.15) is 31.7 Å². The molecule has 2 heterocycles. The summed E-state index contributed by atoms with van der Waals surface area (Å²) in [5.74, 6) is 0. The second kappa shape index (κ2) is 9.12. The minimum Gasteiger partial charge on any atom is -0.335 e. The van der Waals surface area contributed by atoms with Gasteiger partial charge in [0.1, 0.15) is 0 Å². The summed E-state index contributed by atoms with van der Waals surface area (Å²) in [5.41, 5.74) is 1.29. The van der Waals surface area contributed by atoms with Crippen molar-refractivity contribution < 1.29 is 4.79 Å². The Kier molecular flexibility index (Phi) is 6.61. The van der Waals surface area contributed by atoms with E-state index in [1.807, 2.05) is 27.4 Å². The van der Waals surface area contributed by atoms with Crippen LogP contribution in [0, 0.1) is 6.92 Å². The number of piperidine rings is 1. The highest BCUT2D eigenvalue weighted by molar-refractivity contribution is 8.00. The SMILES string of the molecule is CCC(Cn1ccnc1)NC(=O)N1CCC(Sc2ccc(C)cc2)CC1. The third kappa shape index (κ3) is 5.27. The largest absolute Gasteiger partial charge is 0.335 e. The zero-order chi connectivity index (χ0) is 18.4. The number of nitrogens with zero attached hydrogens (tertiary/aromatic N) is 3. The first-order valence-electron chi connectivity index (χ1n) is 9.38. The third-order valence-corrected chi connectivity index (χ3v) is 6.21. The summed E-state index contributed by atoms with van der Waals surface area (Å²) in [6, 6.07) is 8.92. The van der Waals surface area contributed by atoms with Gasteiger partial charge in [0.25, 0.3) is 0 Å². The van der Waals surface area contributed by atoms with Gasteiger partial charge in [-0.2, -0.15) is 0 Å². The van der Waals surface area contributed by atoms with Gasteiger partial charge in [-0.3, -0.25) is 0 Å². The standard InChI is InChI=1S/C20H28N4OS/c1-3-17(14-23-13-10-21-15-23)22-20(25)24-11-8-19(9-12-24)26-18-6-4-16(2)5-7-18/h4-7,10,13,15,17,19H,3,8-9,11-12,14H2,1-2H3,(H,22,25). The molecule has 1 saturated heterocycles. The van der Waals surface area contributed by atoms with Crippen LogP contribution in [-0.2, 0) is 6.54 Å². The minimum atomic E-state index is 0.0655. The number of carbonyl (C=O) groups excluding carboxylic acids is 1. The Hall–Kier alpha value is -1.95. The van der Waals surface area contributed by atoms with E-state index in [9.17, 15) is 4.79 Å². The maximum Gasteiger partial charge on any atom is 0.317 e. The number of imidazole rings is 1. The van der Waals surface area contributed by atoms with Crippen molar-refractivity contribution in [2.45, 2.75) is 55.8 Å². The molecule has 0 aliphatic carbocycles. The Bertz CT molecular complexity index is 678. The second-order valence-corrected chi connectivity index (χ2v) is 8.31. The summed E-state index contributed by atoms with van der Waals surface area (Å²) < 4.78 is 2.01. The van der Waals surface area contributed by atoms with Gasteiger partial charge >= 0.3 is 6.03 Å². The van der Waals surface area contributed by atoms with Crippen LogP contribution in [0.5, 0.6) is 0 Å². The fraction of sp³-hybridized carbons (Fsp3) is 0.500. The first-order valence-corrected chi connectivity index (χ1v) is 10.3. The lowest BCUT2D eigenvalue weighted by Crippen LogP contribution is -2.49. The Morgan fingerprint density at radius 2 is 2.04 bits per heavy atom. The van der Waals surface area contributed by atoms with Crippen LogP contribution >= 0.6 is 11.8 Å². The fourth-order valence-corrected chi connectivity index (χ4v) is 4.30. The molecule has 5 nitrogen and oxygen atoms in total. The number of benzene rings is 1. The fourth-order valence-electron chi connectivity index (χ4n) is 3.18. The highest BCUT2D eigenvalue weighted by Gasteiger charge is 2.24. The highest BCUT2D eigenvalue weighted by Crippen LogP contribution is 2.30. The summed E-state index contributed by atoms with van der Waals surface area (Å²) in [7, 11) is 0. The van der Waals surface area contributed by atoms with E-state index in [-0.39, 0.29) is 12.1 Å². The lowest BCUT2D eigenvalue weighted by molar-refractivity contribution is 0.182. The zero-order valence-corrected chi connectivity index (χ0v) is 16.4. The van der Waals surface area contributed by atoms with Gasteiger partial charge in [0, 0.05) is 48.2 Å². The predicted octanol–water partition coefficient (Wildman–Crippen LogP) is 3.94. The van der Waals surface area contributed by atoms with Crippen LogP contribution in [0.4, 0.5) is 4.79 Å². The second-order valence-electron chi connectivity index (χ2n) is 6.93. The van der Waals surface area contributed by atoms with E-state index >= 15 is 0 Å². The van der Waals surface area contributed by atoms with Crippen molar-refractivity contribution in [1.82, 2.24) is 19.8 Å². The summed E-state index contributed by atoms with van der Waals surface area (Å²) in [5, 5.41) is 3.77. The molecule has 0 saturated carbocycles. The summed E-state index contributed by atoms with van der Waals surface area (Å²) in [6.45, 7) is 6.64. The number of aromatic nitrogens is 2. The summed E-state index contributed by atoms with van der Waals surface area (Å²) in [6.07, 6.45) is 8.49. The molecule has 1 aliphatic heterocycles. The third-order valence-electron chi connectivity index (χ3n) is 4.86. The number of aryl methyl sites for hydroxylation is 1. The molecule has 1 aromatic heterocycles. The molecule has 2 aromatic rings. The van der Waals surface area contributed by atoms with Crippen molar-refractivity contribution in [3.05, 3.63) is 48.5 Å². The number of urea groups is 1. The van der Waals surface area contributed by atoms with Crippen LogP contribution in [0.15, 0.2) is 47.9 Å². The predicted molar refractivity (Wildman–Crippen MR) is 106 cm³/mol. The van der Waals surface area contributed by atoms with Crippen molar-refractivity contribution in [3.8, 4) is 0 Å². The monoisotopic (exact) mass is 372 g/mol. The summed E-state index contributed by atoms with van der Waals surface area (Å²) in [4.78, 5) is 19.9. The van der Waals surface area contributed by atoms with Gasteiger partial charge in [-0.05, 0) is 38.3 Å². The first kappa shape index (κ1) is 18.8. The quantitative estimate of drug-likeness (QED) is 0.836. The average molecular weight is 373 g/mol. The number of amides is 2. The minimum absolute atomic E-state index is 0.0655. The molecule has 1 unspecified atom stereocenters. The van der Waals surface area contributed by atoms with Gasteiger partial charge in [0.05, 0.1) is 6.33 Å².